The lowest BCUT2D eigenvalue weighted by molar-refractivity contribution is -0.123. The van der Waals surface area contributed by atoms with Crippen LogP contribution in [0.25, 0.3) is 6.08 Å². The second-order valence-electron chi connectivity index (χ2n) is 8.26. The Balaban J connectivity index is 1.59. The van der Waals surface area contributed by atoms with Gasteiger partial charge in [0.15, 0.2) is 5.75 Å². The Labute approximate surface area is 234 Å². The van der Waals surface area contributed by atoms with Crippen LogP contribution < -0.4 is 14.2 Å². The van der Waals surface area contributed by atoms with E-state index in [4.69, 9.17) is 20.5 Å². The number of nitrogens with one attached hydrogen (secondary N) is 1. The van der Waals surface area contributed by atoms with Crippen molar-refractivity contribution in [1.29, 1.82) is 0 Å². The van der Waals surface area contributed by atoms with Crippen molar-refractivity contribution in [2.75, 3.05) is 11.9 Å². The number of rotatable bonds is 9. The summed E-state index contributed by atoms with van der Waals surface area (Å²) in [4.78, 5) is 37.8. The zero-order valence-electron chi connectivity index (χ0n) is 20.8. The summed E-state index contributed by atoms with van der Waals surface area (Å²) >= 11 is 7.22. The van der Waals surface area contributed by atoms with Gasteiger partial charge in [0, 0.05) is 12.6 Å². The smallest absolute Gasteiger partial charge is 0.339 e. The zero-order valence-corrected chi connectivity index (χ0v) is 23.2. The average molecular weight is 587 g/mol. The predicted octanol–water partition coefficient (Wildman–Crippen LogP) is 5.70. The molecule has 3 amide bonds. The molecule has 202 valence electrons. The first-order valence-corrected chi connectivity index (χ1v) is 14.3. The van der Waals surface area contributed by atoms with Crippen molar-refractivity contribution in [1.82, 2.24) is 4.90 Å². The minimum Gasteiger partial charge on any atom is -0.490 e. The third-order valence-electron chi connectivity index (χ3n) is 5.34. The molecular weight excluding hydrogens is 564 g/mol. The molecule has 0 saturated carbocycles. The largest absolute Gasteiger partial charge is 0.490 e. The summed E-state index contributed by atoms with van der Waals surface area (Å²) < 4.78 is 36.8. The van der Waals surface area contributed by atoms with Gasteiger partial charge in [-0.1, -0.05) is 41.9 Å². The molecule has 0 unspecified atom stereocenters. The molecule has 1 aliphatic heterocycles. The van der Waals surface area contributed by atoms with Crippen LogP contribution in [0.1, 0.15) is 25.0 Å². The van der Waals surface area contributed by atoms with Gasteiger partial charge in [0.2, 0.25) is 11.7 Å². The molecule has 9 nitrogen and oxygen atoms in total. The molecule has 12 heteroatoms. The van der Waals surface area contributed by atoms with Crippen molar-refractivity contribution in [3.63, 3.8) is 0 Å². The first-order valence-electron chi connectivity index (χ1n) is 11.6. The summed E-state index contributed by atoms with van der Waals surface area (Å²) in [7, 11) is -4.31. The van der Waals surface area contributed by atoms with Gasteiger partial charge in [0.25, 0.3) is 11.1 Å². The van der Waals surface area contributed by atoms with E-state index in [0.29, 0.717) is 11.3 Å². The number of thioether (sulfide) groups is 1. The van der Waals surface area contributed by atoms with Crippen LogP contribution in [-0.2, 0) is 26.3 Å². The number of hydrogen-bond acceptors (Lipinski definition) is 8. The Morgan fingerprint density at radius 3 is 2.41 bits per heavy atom. The van der Waals surface area contributed by atoms with Gasteiger partial charge in [-0.3, -0.25) is 19.3 Å². The number of anilines is 1. The van der Waals surface area contributed by atoms with Gasteiger partial charge >= 0.3 is 10.1 Å². The molecule has 0 spiro atoms. The first-order chi connectivity index (χ1) is 18.6. The van der Waals surface area contributed by atoms with E-state index >= 15 is 0 Å². The quantitative estimate of drug-likeness (QED) is 0.250. The van der Waals surface area contributed by atoms with Crippen LogP contribution in [0.3, 0.4) is 0 Å². The third-order valence-corrected chi connectivity index (χ3v) is 7.77. The fourth-order valence-corrected chi connectivity index (χ4v) is 5.73. The first kappa shape index (κ1) is 28.2. The molecule has 0 bridgehead atoms. The Morgan fingerprint density at radius 1 is 1.08 bits per heavy atom. The maximum absolute atomic E-state index is 12.9. The van der Waals surface area contributed by atoms with Crippen LogP contribution in [0.4, 0.5) is 10.5 Å². The standard InChI is InChI=1S/C27H23ClN2O7S2/c1-3-36-23-14-19(15-24-26(32)30(27(33)38-24)16-18-7-5-4-6-8-18)13-22(28)25(23)37-39(34,35)21-11-9-20(10-12-21)29-17(2)31/h4-15H,3,16H2,1-2H3,(H,29,31)/b24-15-. The van der Waals surface area contributed by atoms with Crippen molar-refractivity contribution in [3.05, 3.63) is 87.8 Å². The van der Waals surface area contributed by atoms with Gasteiger partial charge in [0.05, 0.1) is 23.1 Å². The van der Waals surface area contributed by atoms with Crippen molar-refractivity contribution in [3.8, 4) is 11.5 Å². The number of halogens is 1. The summed E-state index contributed by atoms with van der Waals surface area (Å²) in [6, 6.07) is 17.5. The van der Waals surface area contributed by atoms with E-state index in [1.807, 2.05) is 30.3 Å². The van der Waals surface area contributed by atoms with Gasteiger partial charge in [-0.2, -0.15) is 8.42 Å². The molecule has 1 fully saturated rings. The van der Waals surface area contributed by atoms with Gasteiger partial charge in [-0.05, 0) is 72.3 Å². The van der Waals surface area contributed by atoms with Crippen LogP contribution in [0.15, 0.2) is 76.5 Å². The summed E-state index contributed by atoms with van der Waals surface area (Å²) in [5.74, 6) is -0.929. The molecular formula is C27H23ClN2O7S2. The van der Waals surface area contributed by atoms with E-state index in [2.05, 4.69) is 5.32 Å². The fraction of sp³-hybridized carbons (Fsp3) is 0.148. The third kappa shape index (κ3) is 6.80. The maximum Gasteiger partial charge on any atom is 0.339 e. The number of imide groups is 1. The lowest BCUT2D eigenvalue weighted by Crippen LogP contribution is -2.27. The number of carbonyl (C=O) groups is 3. The number of carbonyl (C=O) groups excluding carboxylic acids is 3. The molecule has 4 rings (SSSR count). The molecule has 0 aliphatic carbocycles. The lowest BCUT2D eigenvalue weighted by Gasteiger charge is -2.15. The van der Waals surface area contributed by atoms with Crippen LogP contribution >= 0.6 is 23.4 Å². The van der Waals surface area contributed by atoms with Crippen molar-refractivity contribution < 1.29 is 31.7 Å². The summed E-state index contributed by atoms with van der Waals surface area (Å²) in [5.41, 5.74) is 1.65. The molecule has 3 aromatic rings. The van der Waals surface area contributed by atoms with Gasteiger partial charge < -0.3 is 14.2 Å². The van der Waals surface area contributed by atoms with Crippen LogP contribution in [0.2, 0.25) is 5.02 Å². The van der Waals surface area contributed by atoms with E-state index in [1.165, 1.54) is 49.4 Å². The van der Waals surface area contributed by atoms with Crippen LogP contribution in [0, 0.1) is 0 Å². The minimum absolute atomic E-state index is 0.0400. The van der Waals surface area contributed by atoms with E-state index in [0.717, 1.165) is 22.2 Å². The molecule has 1 N–H and O–H groups in total. The fourth-order valence-electron chi connectivity index (χ4n) is 3.63. The molecule has 0 radical (unpaired) electrons. The summed E-state index contributed by atoms with van der Waals surface area (Å²) in [6.45, 7) is 3.36. The average Bonchev–Trinajstić information content (AvgIpc) is 3.14. The molecule has 1 heterocycles. The molecule has 39 heavy (non-hydrogen) atoms. The van der Waals surface area contributed by atoms with Gasteiger partial charge in [0.1, 0.15) is 4.90 Å². The molecule has 0 atom stereocenters. The van der Waals surface area contributed by atoms with E-state index in [1.54, 1.807) is 6.92 Å². The monoisotopic (exact) mass is 586 g/mol. The molecule has 0 aromatic heterocycles. The maximum atomic E-state index is 12.9. The van der Waals surface area contributed by atoms with Crippen LogP contribution in [-0.4, -0.2) is 37.0 Å². The highest BCUT2D eigenvalue weighted by atomic mass is 35.5. The Kier molecular flexibility index (Phi) is 8.63. The number of amides is 3. The molecule has 1 saturated heterocycles. The number of ether oxygens (including phenoxy) is 1. The number of hydrogen-bond donors (Lipinski definition) is 1. The Bertz CT molecular complexity index is 1560. The summed E-state index contributed by atoms with van der Waals surface area (Å²) in [6.07, 6.45) is 1.49. The highest BCUT2D eigenvalue weighted by Gasteiger charge is 2.35. The molecule has 3 aromatic carbocycles. The number of nitrogens with zero attached hydrogens (tertiary/aromatic N) is 1. The van der Waals surface area contributed by atoms with Gasteiger partial charge in [-0.15, -0.1) is 0 Å². The van der Waals surface area contributed by atoms with E-state index in [9.17, 15) is 22.8 Å². The van der Waals surface area contributed by atoms with Crippen molar-refractivity contribution in [2.45, 2.75) is 25.3 Å². The Morgan fingerprint density at radius 2 is 1.77 bits per heavy atom. The predicted molar refractivity (Wildman–Crippen MR) is 149 cm³/mol. The van der Waals surface area contributed by atoms with Crippen molar-refractivity contribution in [2.24, 2.45) is 0 Å². The van der Waals surface area contributed by atoms with Crippen molar-refractivity contribution >= 4 is 62.3 Å². The molecule has 1 aliphatic rings. The minimum atomic E-state index is -4.31. The SMILES string of the molecule is CCOc1cc(/C=C2\SC(=O)N(Cc3ccccc3)C2=O)cc(Cl)c1OS(=O)(=O)c1ccc(NC(C)=O)cc1. The second-order valence-corrected chi connectivity index (χ2v) is 11.2. The Hall–Kier alpha value is -3.80. The normalized spacial score (nSPS) is 14.5. The second kappa shape index (κ2) is 11.9. The van der Waals surface area contributed by atoms with Crippen LogP contribution in [0.5, 0.6) is 11.5 Å². The highest BCUT2D eigenvalue weighted by Crippen LogP contribution is 2.40. The lowest BCUT2D eigenvalue weighted by atomic mass is 10.1. The topological polar surface area (TPSA) is 119 Å². The summed E-state index contributed by atoms with van der Waals surface area (Å²) in [5, 5.41) is 2.08. The number of benzene rings is 3. The zero-order chi connectivity index (χ0) is 28.2. The van der Waals surface area contributed by atoms with Gasteiger partial charge in [-0.25, -0.2) is 0 Å². The van der Waals surface area contributed by atoms with E-state index in [-0.39, 0.29) is 45.4 Å². The van der Waals surface area contributed by atoms with E-state index < -0.39 is 21.3 Å². The highest BCUT2D eigenvalue weighted by molar-refractivity contribution is 8.18.